The molecule has 0 saturated carbocycles. The normalized spacial score (nSPS) is 16.5. The molecule has 0 bridgehead atoms. The van der Waals surface area contributed by atoms with Gasteiger partial charge in [-0.25, -0.2) is 0 Å². The Hall–Kier alpha value is -2.80. The van der Waals surface area contributed by atoms with Gasteiger partial charge >= 0.3 is 5.97 Å². The molecule has 1 saturated heterocycles. The Morgan fingerprint density at radius 3 is 2.54 bits per heavy atom. The molecule has 1 aromatic heterocycles. The van der Waals surface area contributed by atoms with E-state index < -0.39 is 0 Å². The van der Waals surface area contributed by atoms with Crippen molar-refractivity contribution in [3.8, 4) is 22.8 Å². The van der Waals surface area contributed by atoms with E-state index in [0.29, 0.717) is 24.0 Å². The van der Waals surface area contributed by atoms with Crippen LogP contribution in [-0.4, -0.2) is 39.7 Å². The SMILES string of the molecule is COc1ccc(-c2nnc(S[C@@H]3CCOC3=O)n2-c2ccccc2)cc1. The van der Waals surface area contributed by atoms with Crippen molar-refractivity contribution in [3.05, 3.63) is 54.6 Å². The Morgan fingerprint density at radius 1 is 1.12 bits per heavy atom. The standard InChI is InChI=1S/C19H17N3O3S/c1-24-15-9-7-13(8-10-15)17-20-21-19(26-16-11-12-25-18(16)23)22(17)14-5-3-2-4-6-14/h2-10,16H,11-12H2,1H3/t16-/m1/s1. The molecular formula is C19H17N3O3S. The Morgan fingerprint density at radius 2 is 1.88 bits per heavy atom. The van der Waals surface area contributed by atoms with Crippen LogP contribution < -0.4 is 4.74 Å². The Balaban J connectivity index is 1.77. The highest BCUT2D eigenvalue weighted by molar-refractivity contribution is 8.00. The number of carbonyl (C=O) groups excluding carboxylic acids is 1. The summed E-state index contributed by atoms with van der Waals surface area (Å²) < 4.78 is 12.3. The van der Waals surface area contributed by atoms with Crippen LogP contribution in [0, 0.1) is 0 Å². The molecule has 0 unspecified atom stereocenters. The molecular weight excluding hydrogens is 350 g/mol. The van der Waals surface area contributed by atoms with Gasteiger partial charge in [-0.15, -0.1) is 10.2 Å². The molecule has 0 N–H and O–H groups in total. The van der Waals surface area contributed by atoms with E-state index in [1.54, 1.807) is 7.11 Å². The lowest BCUT2D eigenvalue weighted by atomic mass is 10.2. The monoisotopic (exact) mass is 367 g/mol. The number of benzene rings is 2. The van der Waals surface area contributed by atoms with Gasteiger partial charge in [0.25, 0.3) is 0 Å². The Labute approximate surface area is 155 Å². The average molecular weight is 367 g/mol. The molecule has 2 aromatic carbocycles. The summed E-state index contributed by atoms with van der Waals surface area (Å²) in [7, 11) is 1.64. The van der Waals surface area contributed by atoms with Crippen LogP contribution in [-0.2, 0) is 9.53 Å². The van der Waals surface area contributed by atoms with Crippen molar-refractivity contribution in [2.45, 2.75) is 16.8 Å². The maximum Gasteiger partial charge on any atom is 0.319 e. The maximum atomic E-state index is 11.9. The highest BCUT2D eigenvalue weighted by Crippen LogP contribution is 2.33. The first kappa shape index (κ1) is 16.7. The third-order valence-corrected chi connectivity index (χ3v) is 5.32. The second-order valence-electron chi connectivity index (χ2n) is 5.77. The maximum absolute atomic E-state index is 11.9. The largest absolute Gasteiger partial charge is 0.497 e. The van der Waals surface area contributed by atoms with Gasteiger partial charge in [-0.05, 0) is 36.4 Å². The molecule has 26 heavy (non-hydrogen) atoms. The van der Waals surface area contributed by atoms with Crippen molar-refractivity contribution in [3.63, 3.8) is 0 Å². The van der Waals surface area contributed by atoms with Crippen LogP contribution in [0.1, 0.15) is 6.42 Å². The zero-order chi connectivity index (χ0) is 17.9. The number of hydrogen-bond donors (Lipinski definition) is 0. The topological polar surface area (TPSA) is 66.2 Å². The zero-order valence-electron chi connectivity index (χ0n) is 14.2. The Kier molecular flexibility index (Phi) is 4.62. The number of carbonyl (C=O) groups is 1. The van der Waals surface area contributed by atoms with Crippen LogP contribution in [0.4, 0.5) is 0 Å². The smallest absolute Gasteiger partial charge is 0.319 e. The van der Waals surface area contributed by atoms with Gasteiger partial charge in [-0.2, -0.15) is 0 Å². The van der Waals surface area contributed by atoms with Gasteiger partial charge in [-0.3, -0.25) is 9.36 Å². The summed E-state index contributed by atoms with van der Waals surface area (Å²) in [6.45, 7) is 0.460. The second kappa shape index (κ2) is 7.21. The molecule has 2 heterocycles. The van der Waals surface area contributed by atoms with Crippen molar-refractivity contribution in [1.82, 2.24) is 14.8 Å². The van der Waals surface area contributed by atoms with Gasteiger partial charge in [0.1, 0.15) is 11.0 Å². The van der Waals surface area contributed by atoms with Crippen LogP contribution in [0.3, 0.4) is 0 Å². The third kappa shape index (κ3) is 3.17. The number of para-hydroxylation sites is 1. The summed E-state index contributed by atoms with van der Waals surface area (Å²) in [6.07, 6.45) is 0.684. The van der Waals surface area contributed by atoms with Gasteiger partial charge in [0.05, 0.1) is 13.7 Å². The lowest BCUT2D eigenvalue weighted by Gasteiger charge is -2.11. The van der Waals surface area contributed by atoms with E-state index >= 15 is 0 Å². The fraction of sp³-hybridized carbons (Fsp3) is 0.211. The van der Waals surface area contributed by atoms with E-state index in [4.69, 9.17) is 9.47 Å². The van der Waals surface area contributed by atoms with E-state index in [9.17, 15) is 4.79 Å². The first-order valence-electron chi connectivity index (χ1n) is 8.25. The van der Waals surface area contributed by atoms with E-state index in [2.05, 4.69) is 10.2 Å². The molecule has 0 aliphatic carbocycles. The molecule has 1 aliphatic heterocycles. The molecule has 0 amide bonds. The van der Waals surface area contributed by atoms with Crippen molar-refractivity contribution >= 4 is 17.7 Å². The lowest BCUT2D eigenvalue weighted by Crippen LogP contribution is -2.11. The fourth-order valence-corrected chi connectivity index (χ4v) is 3.81. The molecule has 1 atom stereocenters. The molecule has 1 fully saturated rings. The number of thioether (sulfide) groups is 1. The van der Waals surface area contributed by atoms with Crippen molar-refractivity contribution < 1.29 is 14.3 Å². The number of rotatable bonds is 5. The van der Waals surface area contributed by atoms with Gasteiger partial charge in [-0.1, -0.05) is 30.0 Å². The Bertz CT molecular complexity index is 910. The van der Waals surface area contributed by atoms with Gasteiger partial charge < -0.3 is 9.47 Å². The van der Waals surface area contributed by atoms with Crippen molar-refractivity contribution in [2.75, 3.05) is 13.7 Å². The number of esters is 1. The molecule has 3 aromatic rings. The molecule has 0 radical (unpaired) electrons. The van der Waals surface area contributed by atoms with Gasteiger partial charge in [0.15, 0.2) is 11.0 Å². The van der Waals surface area contributed by atoms with Crippen molar-refractivity contribution in [2.24, 2.45) is 0 Å². The highest BCUT2D eigenvalue weighted by atomic mass is 32.2. The number of aromatic nitrogens is 3. The summed E-state index contributed by atoms with van der Waals surface area (Å²) in [5, 5.41) is 9.16. The quantitative estimate of drug-likeness (QED) is 0.644. The van der Waals surface area contributed by atoms with E-state index in [-0.39, 0.29) is 11.2 Å². The van der Waals surface area contributed by atoms with Crippen molar-refractivity contribution in [1.29, 1.82) is 0 Å². The van der Waals surface area contributed by atoms with Crippen LogP contribution in [0.25, 0.3) is 17.1 Å². The predicted molar refractivity (Wildman–Crippen MR) is 98.6 cm³/mol. The number of hydrogen-bond acceptors (Lipinski definition) is 6. The minimum Gasteiger partial charge on any atom is -0.497 e. The van der Waals surface area contributed by atoms with Gasteiger partial charge in [0.2, 0.25) is 0 Å². The summed E-state index contributed by atoms with van der Waals surface area (Å²) in [5.41, 5.74) is 1.86. The zero-order valence-corrected chi connectivity index (χ0v) is 15.0. The molecule has 0 spiro atoms. The minimum atomic E-state index is -0.245. The average Bonchev–Trinajstić information content (AvgIpc) is 3.29. The molecule has 4 rings (SSSR count). The number of methoxy groups -OCH3 is 1. The molecule has 132 valence electrons. The van der Waals surface area contributed by atoms with Crippen LogP contribution in [0.5, 0.6) is 5.75 Å². The van der Waals surface area contributed by atoms with Crippen LogP contribution in [0.15, 0.2) is 59.8 Å². The van der Waals surface area contributed by atoms with Gasteiger partial charge in [0, 0.05) is 17.7 Å². The lowest BCUT2D eigenvalue weighted by molar-refractivity contribution is -0.137. The number of ether oxygens (including phenoxy) is 2. The summed E-state index contributed by atoms with van der Waals surface area (Å²) >= 11 is 1.39. The summed E-state index contributed by atoms with van der Waals surface area (Å²) in [4.78, 5) is 11.9. The number of cyclic esters (lactones) is 1. The fourth-order valence-electron chi connectivity index (χ4n) is 2.79. The second-order valence-corrected chi connectivity index (χ2v) is 6.94. The van der Waals surface area contributed by atoms with E-state index in [1.807, 2.05) is 59.2 Å². The molecule has 7 heteroatoms. The molecule has 6 nitrogen and oxygen atoms in total. The highest BCUT2D eigenvalue weighted by Gasteiger charge is 2.30. The van der Waals surface area contributed by atoms with Crippen LogP contribution in [0.2, 0.25) is 0 Å². The first-order valence-corrected chi connectivity index (χ1v) is 9.13. The molecule has 1 aliphatic rings. The number of nitrogens with zero attached hydrogens (tertiary/aromatic N) is 3. The summed E-state index contributed by atoms with van der Waals surface area (Å²) in [6, 6.07) is 17.5. The van der Waals surface area contributed by atoms with E-state index in [1.165, 1.54) is 11.8 Å². The first-order chi connectivity index (χ1) is 12.8. The minimum absolute atomic E-state index is 0.191. The van der Waals surface area contributed by atoms with Crippen LogP contribution >= 0.6 is 11.8 Å². The third-order valence-electron chi connectivity index (χ3n) is 4.13. The van der Waals surface area contributed by atoms with E-state index in [0.717, 1.165) is 17.0 Å². The summed E-state index contributed by atoms with van der Waals surface area (Å²) in [5.74, 6) is 1.30. The predicted octanol–water partition coefficient (Wildman–Crippen LogP) is 3.35.